The van der Waals surface area contributed by atoms with E-state index in [0.29, 0.717) is 25.7 Å². The summed E-state index contributed by atoms with van der Waals surface area (Å²) in [7, 11) is 0. The van der Waals surface area contributed by atoms with Crippen molar-refractivity contribution in [2.24, 2.45) is 0 Å². The molecule has 0 aromatic carbocycles. The van der Waals surface area contributed by atoms with Crippen molar-refractivity contribution < 1.29 is 30.0 Å². The van der Waals surface area contributed by atoms with Crippen LogP contribution in [0.25, 0.3) is 0 Å². The molecule has 0 saturated carbocycles. The molecule has 0 aromatic heterocycles. The standard InChI is InChI=1S/C10H18O6/c11-7(5-9(13)14)3-1-2-4-8(12)6-10(15)16/h7-8,11-12H,1-6H2,(H,13,14)(H,15,16). The summed E-state index contributed by atoms with van der Waals surface area (Å²) in [5.41, 5.74) is 0. The monoisotopic (exact) mass is 234 g/mol. The minimum atomic E-state index is -1.04. The average molecular weight is 234 g/mol. The van der Waals surface area contributed by atoms with Crippen LogP contribution in [-0.2, 0) is 9.59 Å². The summed E-state index contributed by atoms with van der Waals surface area (Å²) >= 11 is 0. The molecule has 0 aliphatic rings. The summed E-state index contributed by atoms with van der Waals surface area (Å²) in [5.74, 6) is -2.09. The van der Waals surface area contributed by atoms with Gasteiger partial charge in [-0.3, -0.25) is 9.59 Å². The molecular weight excluding hydrogens is 216 g/mol. The van der Waals surface area contributed by atoms with Crippen molar-refractivity contribution in [3.8, 4) is 0 Å². The van der Waals surface area contributed by atoms with Crippen LogP contribution in [0.4, 0.5) is 0 Å². The normalized spacial score (nSPS) is 14.4. The molecule has 4 N–H and O–H groups in total. The van der Waals surface area contributed by atoms with Gasteiger partial charge in [0.15, 0.2) is 0 Å². The zero-order valence-electron chi connectivity index (χ0n) is 9.00. The van der Waals surface area contributed by atoms with E-state index in [1.165, 1.54) is 0 Å². The van der Waals surface area contributed by atoms with Crippen molar-refractivity contribution in [3.05, 3.63) is 0 Å². The summed E-state index contributed by atoms with van der Waals surface area (Å²) in [4.78, 5) is 20.4. The van der Waals surface area contributed by atoms with Crippen LogP contribution in [0.5, 0.6) is 0 Å². The molecule has 6 heteroatoms. The molecule has 0 aromatic rings. The number of hydrogen-bond acceptors (Lipinski definition) is 4. The number of aliphatic carboxylic acids is 2. The van der Waals surface area contributed by atoms with Gasteiger partial charge in [-0.1, -0.05) is 12.8 Å². The van der Waals surface area contributed by atoms with Crippen molar-refractivity contribution in [2.45, 2.75) is 50.7 Å². The van der Waals surface area contributed by atoms with E-state index >= 15 is 0 Å². The van der Waals surface area contributed by atoms with Crippen molar-refractivity contribution in [2.75, 3.05) is 0 Å². The Labute approximate surface area is 93.5 Å². The fraction of sp³-hybridized carbons (Fsp3) is 0.800. The Bertz CT molecular complexity index is 203. The van der Waals surface area contributed by atoms with Crippen LogP contribution in [0, 0.1) is 0 Å². The second kappa shape index (κ2) is 8.06. The molecule has 0 heterocycles. The number of carboxylic acids is 2. The van der Waals surface area contributed by atoms with E-state index in [-0.39, 0.29) is 12.8 Å². The number of hydrogen-bond donors (Lipinski definition) is 4. The first-order valence-electron chi connectivity index (χ1n) is 5.21. The number of aliphatic hydroxyl groups excluding tert-OH is 2. The van der Waals surface area contributed by atoms with E-state index in [9.17, 15) is 19.8 Å². The molecule has 0 radical (unpaired) electrons. The van der Waals surface area contributed by atoms with E-state index in [1.807, 2.05) is 0 Å². The van der Waals surface area contributed by atoms with Gasteiger partial charge in [-0.2, -0.15) is 0 Å². The third-order valence-electron chi connectivity index (χ3n) is 2.15. The number of carboxylic acid groups (broad SMARTS) is 2. The van der Waals surface area contributed by atoms with Gasteiger partial charge in [0, 0.05) is 0 Å². The first-order valence-corrected chi connectivity index (χ1v) is 5.21. The molecule has 2 atom stereocenters. The molecule has 0 rings (SSSR count). The fourth-order valence-electron chi connectivity index (χ4n) is 1.37. The SMILES string of the molecule is O=C(O)CC(O)CCCCC(O)CC(=O)O. The molecule has 0 bridgehead atoms. The maximum Gasteiger partial charge on any atom is 0.305 e. The maximum atomic E-state index is 10.2. The van der Waals surface area contributed by atoms with Gasteiger partial charge in [0.2, 0.25) is 0 Å². The number of carbonyl (C=O) groups is 2. The van der Waals surface area contributed by atoms with Crippen LogP contribution >= 0.6 is 0 Å². The van der Waals surface area contributed by atoms with E-state index in [2.05, 4.69) is 0 Å². The van der Waals surface area contributed by atoms with Gasteiger partial charge in [-0.25, -0.2) is 0 Å². The van der Waals surface area contributed by atoms with Crippen LogP contribution in [0.1, 0.15) is 38.5 Å². The predicted octanol–water partition coefficient (Wildman–Crippen LogP) is 0.218. The van der Waals surface area contributed by atoms with Crippen molar-refractivity contribution in [3.63, 3.8) is 0 Å². The van der Waals surface area contributed by atoms with Gasteiger partial charge >= 0.3 is 11.9 Å². The largest absolute Gasteiger partial charge is 0.481 e. The molecule has 16 heavy (non-hydrogen) atoms. The Balaban J connectivity index is 3.45. The highest BCUT2D eigenvalue weighted by Gasteiger charge is 2.11. The lowest BCUT2D eigenvalue weighted by atomic mass is 10.0. The zero-order chi connectivity index (χ0) is 12.6. The summed E-state index contributed by atoms with van der Waals surface area (Å²) in [5, 5.41) is 35.1. The van der Waals surface area contributed by atoms with E-state index in [4.69, 9.17) is 10.2 Å². The Morgan fingerprint density at radius 3 is 1.38 bits per heavy atom. The van der Waals surface area contributed by atoms with Crippen LogP contribution in [0.2, 0.25) is 0 Å². The van der Waals surface area contributed by atoms with Crippen molar-refractivity contribution >= 4 is 11.9 Å². The van der Waals surface area contributed by atoms with Gasteiger partial charge in [0.05, 0.1) is 25.0 Å². The van der Waals surface area contributed by atoms with Crippen LogP contribution < -0.4 is 0 Å². The second-order valence-corrected chi connectivity index (χ2v) is 3.79. The molecule has 0 fully saturated rings. The molecule has 0 spiro atoms. The minimum Gasteiger partial charge on any atom is -0.481 e. The highest BCUT2D eigenvalue weighted by Crippen LogP contribution is 2.09. The average Bonchev–Trinajstić information content (AvgIpc) is 2.10. The van der Waals surface area contributed by atoms with E-state index < -0.39 is 24.1 Å². The molecular formula is C10H18O6. The Morgan fingerprint density at radius 2 is 1.12 bits per heavy atom. The summed E-state index contributed by atoms with van der Waals surface area (Å²) in [6.45, 7) is 0. The van der Waals surface area contributed by atoms with Crippen molar-refractivity contribution in [1.82, 2.24) is 0 Å². The Morgan fingerprint density at radius 1 is 0.812 bits per heavy atom. The fourth-order valence-corrected chi connectivity index (χ4v) is 1.37. The maximum absolute atomic E-state index is 10.2. The molecule has 0 aliphatic heterocycles. The third-order valence-corrected chi connectivity index (χ3v) is 2.15. The van der Waals surface area contributed by atoms with Gasteiger partial charge in [0.25, 0.3) is 0 Å². The summed E-state index contributed by atoms with van der Waals surface area (Å²) < 4.78 is 0. The molecule has 6 nitrogen and oxygen atoms in total. The highest BCUT2D eigenvalue weighted by molar-refractivity contribution is 5.67. The van der Waals surface area contributed by atoms with Crippen LogP contribution in [0.15, 0.2) is 0 Å². The summed E-state index contributed by atoms with van der Waals surface area (Å²) in [6.07, 6.45) is -0.438. The third kappa shape index (κ3) is 9.42. The molecule has 0 aliphatic carbocycles. The smallest absolute Gasteiger partial charge is 0.305 e. The first-order chi connectivity index (χ1) is 7.41. The Kier molecular flexibility index (Phi) is 7.49. The topological polar surface area (TPSA) is 115 Å². The van der Waals surface area contributed by atoms with Crippen LogP contribution in [-0.4, -0.2) is 44.6 Å². The number of rotatable bonds is 9. The Hall–Kier alpha value is -1.14. The number of aliphatic hydroxyl groups is 2. The van der Waals surface area contributed by atoms with E-state index in [1.54, 1.807) is 0 Å². The minimum absolute atomic E-state index is 0.280. The quantitative estimate of drug-likeness (QED) is 0.424. The molecule has 0 amide bonds. The van der Waals surface area contributed by atoms with Crippen molar-refractivity contribution in [1.29, 1.82) is 0 Å². The zero-order valence-corrected chi connectivity index (χ0v) is 9.00. The molecule has 0 saturated heterocycles. The van der Waals surface area contributed by atoms with Gasteiger partial charge < -0.3 is 20.4 Å². The lowest BCUT2D eigenvalue weighted by molar-refractivity contribution is -0.140. The lowest BCUT2D eigenvalue weighted by Gasteiger charge is -2.09. The summed E-state index contributed by atoms with van der Waals surface area (Å²) in [6, 6.07) is 0. The van der Waals surface area contributed by atoms with E-state index in [0.717, 1.165) is 0 Å². The second-order valence-electron chi connectivity index (χ2n) is 3.79. The van der Waals surface area contributed by atoms with Crippen LogP contribution in [0.3, 0.4) is 0 Å². The molecule has 94 valence electrons. The predicted molar refractivity (Wildman–Crippen MR) is 55.0 cm³/mol. The van der Waals surface area contributed by atoms with Gasteiger partial charge in [-0.05, 0) is 12.8 Å². The van der Waals surface area contributed by atoms with Gasteiger partial charge in [-0.15, -0.1) is 0 Å². The highest BCUT2D eigenvalue weighted by atomic mass is 16.4. The number of unbranched alkanes of at least 4 members (excludes halogenated alkanes) is 1. The van der Waals surface area contributed by atoms with Gasteiger partial charge in [0.1, 0.15) is 0 Å². The first kappa shape index (κ1) is 14.9. The molecule has 2 unspecified atom stereocenters. The lowest BCUT2D eigenvalue weighted by Crippen LogP contribution is -2.14.